The molecule has 2 aromatic rings. The summed E-state index contributed by atoms with van der Waals surface area (Å²) in [4.78, 5) is 16.3. The van der Waals surface area contributed by atoms with E-state index >= 15 is 0 Å². The summed E-state index contributed by atoms with van der Waals surface area (Å²) in [5.74, 6) is -0.126. The molecule has 0 bridgehead atoms. The van der Waals surface area contributed by atoms with Crippen LogP contribution in [0.5, 0.6) is 0 Å². The van der Waals surface area contributed by atoms with E-state index in [0.717, 1.165) is 18.7 Å². The van der Waals surface area contributed by atoms with E-state index in [0.29, 0.717) is 17.8 Å². The van der Waals surface area contributed by atoms with Crippen LogP contribution < -0.4 is 10.6 Å². The number of aromatic nitrogens is 3. The zero-order chi connectivity index (χ0) is 13.0. The normalized spacial score (nSPS) is 10.8. The molecule has 0 radical (unpaired) electrons. The molecule has 0 aliphatic heterocycles. The lowest BCUT2D eigenvalue weighted by Crippen LogP contribution is -2.26. The van der Waals surface area contributed by atoms with E-state index in [1.165, 1.54) is 0 Å². The summed E-state index contributed by atoms with van der Waals surface area (Å²) < 4.78 is 1.61. The fraction of sp³-hybridized carbons (Fsp3) is 0.417. The number of amides is 1. The average Bonchev–Trinajstić information content (AvgIpc) is 2.77. The maximum absolute atomic E-state index is 12.0. The number of hydrogen-bond donors (Lipinski definition) is 2. The van der Waals surface area contributed by atoms with E-state index in [4.69, 9.17) is 0 Å². The van der Waals surface area contributed by atoms with Gasteiger partial charge in [-0.3, -0.25) is 4.79 Å². The first-order valence-corrected chi connectivity index (χ1v) is 5.96. The molecular formula is C12H17N5O. The van der Waals surface area contributed by atoms with Crippen LogP contribution in [0.3, 0.4) is 0 Å². The Morgan fingerprint density at radius 1 is 1.44 bits per heavy atom. The van der Waals surface area contributed by atoms with Crippen molar-refractivity contribution >= 4 is 11.6 Å². The minimum Gasteiger partial charge on any atom is -0.352 e. The second-order valence-electron chi connectivity index (χ2n) is 4.11. The number of carbonyl (C=O) groups is 1. The zero-order valence-electron chi connectivity index (χ0n) is 10.6. The van der Waals surface area contributed by atoms with Gasteiger partial charge in [0.15, 0.2) is 5.65 Å². The second kappa shape index (κ2) is 5.59. The minimum absolute atomic E-state index is 0.126. The standard InChI is InChI=1S/C12H17N5O/c1-9-4-7-17-11(16-9)10(8-15-17)12(18)14-6-3-5-13-2/h4,7-8,13H,3,5-6H2,1-2H3,(H,14,18). The Morgan fingerprint density at radius 2 is 2.28 bits per heavy atom. The van der Waals surface area contributed by atoms with Crippen molar-refractivity contribution in [3.05, 3.63) is 29.7 Å². The molecular weight excluding hydrogens is 230 g/mol. The van der Waals surface area contributed by atoms with E-state index < -0.39 is 0 Å². The van der Waals surface area contributed by atoms with Crippen LogP contribution in [0.2, 0.25) is 0 Å². The molecule has 0 aliphatic carbocycles. The first kappa shape index (κ1) is 12.5. The summed E-state index contributed by atoms with van der Waals surface area (Å²) in [5.41, 5.74) is 1.98. The van der Waals surface area contributed by atoms with Gasteiger partial charge in [0, 0.05) is 18.4 Å². The third kappa shape index (κ3) is 2.65. The Hall–Kier alpha value is -1.95. The van der Waals surface area contributed by atoms with E-state index in [1.807, 2.05) is 20.0 Å². The fourth-order valence-electron chi connectivity index (χ4n) is 1.68. The highest BCUT2D eigenvalue weighted by molar-refractivity contribution is 5.99. The van der Waals surface area contributed by atoms with Gasteiger partial charge in [-0.25, -0.2) is 9.50 Å². The summed E-state index contributed by atoms with van der Waals surface area (Å²) in [5, 5.41) is 10.00. The molecule has 0 aliphatic rings. The van der Waals surface area contributed by atoms with Gasteiger partial charge in [-0.05, 0) is 33.0 Å². The Bertz CT molecular complexity index is 548. The van der Waals surface area contributed by atoms with Gasteiger partial charge in [0.1, 0.15) is 5.56 Å². The molecule has 0 aromatic carbocycles. The quantitative estimate of drug-likeness (QED) is 0.749. The molecule has 6 heteroatoms. The molecule has 2 rings (SSSR count). The van der Waals surface area contributed by atoms with Crippen LogP contribution in [0.15, 0.2) is 18.5 Å². The monoisotopic (exact) mass is 247 g/mol. The van der Waals surface area contributed by atoms with Crippen molar-refractivity contribution in [1.82, 2.24) is 25.2 Å². The molecule has 2 N–H and O–H groups in total. The van der Waals surface area contributed by atoms with Crippen LogP contribution in [0, 0.1) is 6.92 Å². The molecule has 96 valence electrons. The summed E-state index contributed by atoms with van der Waals surface area (Å²) >= 11 is 0. The van der Waals surface area contributed by atoms with Crippen LogP contribution in [0.4, 0.5) is 0 Å². The fourth-order valence-corrected chi connectivity index (χ4v) is 1.68. The van der Waals surface area contributed by atoms with Gasteiger partial charge in [-0.1, -0.05) is 0 Å². The molecule has 6 nitrogen and oxygen atoms in total. The zero-order valence-corrected chi connectivity index (χ0v) is 10.6. The van der Waals surface area contributed by atoms with Crippen LogP contribution in [0.1, 0.15) is 22.5 Å². The number of aryl methyl sites for hydroxylation is 1. The Labute approximate surface area is 105 Å². The molecule has 1 amide bonds. The second-order valence-corrected chi connectivity index (χ2v) is 4.11. The topological polar surface area (TPSA) is 71.3 Å². The number of nitrogens with zero attached hydrogens (tertiary/aromatic N) is 3. The Morgan fingerprint density at radius 3 is 3.06 bits per heavy atom. The van der Waals surface area contributed by atoms with Crippen molar-refractivity contribution < 1.29 is 4.79 Å². The summed E-state index contributed by atoms with van der Waals surface area (Å²) in [6.07, 6.45) is 4.25. The van der Waals surface area contributed by atoms with E-state index in [1.54, 1.807) is 16.9 Å². The summed E-state index contributed by atoms with van der Waals surface area (Å²) in [6.45, 7) is 3.41. The number of carbonyl (C=O) groups excluding carboxylic acids is 1. The van der Waals surface area contributed by atoms with Crippen LogP contribution >= 0.6 is 0 Å². The van der Waals surface area contributed by atoms with Gasteiger partial charge in [-0.15, -0.1) is 0 Å². The van der Waals surface area contributed by atoms with Crippen molar-refractivity contribution in [2.24, 2.45) is 0 Å². The van der Waals surface area contributed by atoms with E-state index in [2.05, 4.69) is 20.7 Å². The predicted octanol–water partition coefficient (Wildman–Crippen LogP) is 0.377. The van der Waals surface area contributed by atoms with Gasteiger partial charge >= 0.3 is 0 Å². The third-order valence-electron chi connectivity index (χ3n) is 2.64. The first-order chi connectivity index (χ1) is 8.72. The maximum Gasteiger partial charge on any atom is 0.256 e. The lowest BCUT2D eigenvalue weighted by molar-refractivity contribution is 0.0954. The van der Waals surface area contributed by atoms with Crippen LogP contribution in [0.25, 0.3) is 5.65 Å². The molecule has 0 saturated heterocycles. The van der Waals surface area contributed by atoms with Gasteiger partial charge in [0.2, 0.25) is 0 Å². The highest BCUT2D eigenvalue weighted by Crippen LogP contribution is 2.08. The van der Waals surface area contributed by atoms with Crippen molar-refractivity contribution in [3.8, 4) is 0 Å². The van der Waals surface area contributed by atoms with Gasteiger partial charge in [0.25, 0.3) is 5.91 Å². The van der Waals surface area contributed by atoms with Crippen molar-refractivity contribution in [1.29, 1.82) is 0 Å². The van der Waals surface area contributed by atoms with E-state index in [-0.39, 0.29) is 5.91 Å². The van der Waals surface area contributed by atoms with Crippen molar-refractivity contribution in [2.45, 2.75) is 13.3 Å². The molecule has 2 heterocycles. The molecule has 2 aromatic heterocycles. The molecule has 0 unspecified atom stereocenters. The summed E-state index contributed by atoms with van der Waals surface area (Å²) in [6, 6.07) is 1.86. The van der Waals surface area contributed by atoms with Crippen LogP contribution in [-0.2, 0) is 0 Å². The Balaban J connectivity index is 2.10. The molecule has 18 heavy (non-hydrogen) atoms. The smallest absolute Gasteiger partial charge is 0.256 e. The van der Waals surface area contributed by atoms with Crippen molar-refractivity contribution in [3.63, 3.8) is 0 Å². The van der Waals surface area contributed by atoms with Gasteiger partial charge in [0.05, 0.1) is 6.20 Å². The lowest BCUT2D eigenvalue weighted by atomic mass is 10.3. The van der Waals surface area contributed by atoms with E-state index in [9.17, 15) is 4.79 Å². The number of hydrogen-bond acceptors (Lipinski definition) is 4. The minimum atomic E-state index is -0.126. The van der Waals surface area contributed by atoms with Gasteiger partial charge < -0.3 is 10.6 Å². The van der Waals surface area contributed by atoms with Crippen molar-refractivity contribution in [2.75, 3.05) is 20.1 Å². The number of fused-ring (bicyclic) bond motifs is 1. The molecule has 0 fully saturated rings. The lowest BCUT2D eigenvalue weighted by Gasteiger charge is -2.03. The molecule has 0 atom stereocenters. The average molecular weight is 247 g/mol. The molecule has 0 spiro atoms. The SMILES string of the molecule is CNCCCNC(=O)c1cnn2ccc(C)nc12. The maximum atomic E-state index is 12.0. The van der Waals surface area contributed by atoms with Crippen LogP contribution in [-0.4, -0.2) is 40.6 Å². The highest BCUT2D eigenvalue weighted by atomic mass is 16.1. The predicted molar refractivity (Wildman–Crippen MR) is 68.6 cm³/mol. The first-order valence-electron chi connectivity index (χ1n) is 5.96. The highest BCUT2D eigenvalue weighted by Gasteiger charge is 2.13. The third-order valence-corrected chi connectivity index (χ3v) is 2.64. The Kier molecular flexibility index (Phi) is 3.88. The number of nitrogens with one attached hydrogen (secondary N) is 2. The van der Waals surface area contributed by atoms with Gasteiger partial charge in [-0.2, -0.15) is 5.10 Å². The largest absolute Gasteiger partial charge is 0.352 e. The number of rotatable bonds is 5. The molecule has 0 saturated carbocycles. The summed E-state index contributed by atoms with van der Waals surface area (Å²) in [7, 11) is 1.89.